The highest BCUT2D eigenvalue weighted by atomic mass is 16.7. The number of carboxylic acid groups (broad SMARTS) is 2. The standard InChI is InChI=1S/2C7H6O3/c2*8-7(9)10-6-4-2-1-3-5-6/h2*1-5H,(H,8,9). The van der Waals surface area contributed by atoms with Gasteiger partial charge in [-0.2, -0.15) is 0 Å². The molecular weight excluding hydrogens is 264 g/mol. The van der Waals surface area contributed by atoms with E-state index in [0.29, 0.717) is 11.5 Å². The molecule has 0 aliphatic carbocycles. The van der Waals surface area contributed by atoms with Crippen LogP contribution in [0.1, 0.15) is 0 Å². The average molecular weight is 276 g/mol. The maximum Gasteiger partial charge on any atom is 0.511 e. The first kappa shape index (κ1) is 15.0. The number of benzene rings is 2. The van der Waals surface area contributed by atoms with Crippen LogP contribution < -0.4 is 9.47 Å². The van der Waals surface area contributed by atoms with Gasteiger partial charge in [-0.3, -0.25) is 0 Å². The van der Waals surface area contributed by atoms with Crippen LogP contribution in [0.25, 0.3) is 0 Å². The largest absolute Gasteiger partial charge is 0.511 e. The van der Waals surface area contributed by atoms with Gasteiger partial charge in [0.1, 0.15) is 11.5 Å². The maximum atomic E-state index is 9.95. The summed E-state index contributed by atoms with van der Waals surface area (Å²) in [5.74, 6) is 0.685. The Morgan fingerprint density at radius 1 is 0.650 bits per heavy atom. The van der Waals surface area contributed by atoms with Crippen LogP contribution in [0.4, 0.5) is 9.59 Å². The van der Waals surface area contributed by atoms with Gasteiger partial charge in [-0.05, 0) is 24.3 Å². The van der Waals surface area contributed by atoms with Crippen molar-refractivity contribution in [2.45, 2.75) is 0 Å². The van der Waals surface area contributed by atoms with E-state index < -0.39 is 12.3 Å². The lowest BCUT2D eigenvalue weighted by molar-refractivity contribution is 0.143. The molecule has 0 spiro atoms. The maximum absolute atomic E-state index is 9.95. The van der Waals surface area contributed by atoms with Gasteiger partial charge in [0.15, 0.2) is 0 Å². The summed E-state index contributed by atoms with van der Waals surface area (Å²) in [6.45, 7) is 0. The predicted molar refractivity (Wildman–Crippen MR) is 70.2 cm³/mol. The van der Waals surface area contributed by atoms with E-state index in [9.17, 15) is 9.59 Å². The van der Waals surface area contributed by atoms with Crippen molar-refractivity contribution in [2.24, 2.45) is 0 Å². The second-order valence-electron chi connectivity index (χ2n) is 3.36. The zero-order chi connectivity index (χ0) is 14.8. The topological polar surface area (TPSA) is 93.1 Å². The minimum atomic E-state index is -1.29. The van der Waals surface area contributed by atoms with Gasteiger partial charge in [0.25, 0.3) is 0 Å². The van der Waals surface area contributed by atoms with E-state index in [1.54, 1.807) is 60.7 Å². The second kappa shape index (κ2) is 8.15. The lowest BCUT2D eigenvalue weighted by Gasteiger charge is -1.95. The molecular formula is C14H12O6. The van der Waals surface area contributed by atoms with Crippen molar-refractivity contribution >= 4 is 12.3 Å². The molecule has 2 N–H and O–H groups in total. The third kappa shape index (κ3) is 6.65. The molecule has 0 saturated heterocycles. The van der Waals surface area contributed by atoms with E-state index >= 15 is 0 Å². The molecule has 0 aliphatic rings. The molecule has 2 rings (SSSR count). The number of ether oxygens (including phenoxy) is 2. The second-order valence-corrected chi connectivity index (χ2v) is 3.36. The summed E-state index contributed by atoms with van der Waals surface area (Å²) >= 11 is 0. The summed E-state index contributed by atoms with van der Waals surface area (Å²) in [6, 6.07) is 16.7. The summed E-state index contributed by atoms with van der Waals surface area (Å²) in [5, 5.41) is 16.3. The first-order chi connectivity index (χ1) is 9.58. The van der Waals surface area contributed by atoms with E-state index in [1.807, 2.05) is 0 Å². The Bertz CT molecular complexity index is 487. The summed E-state index contributed by atoms with van der Waals surface area (Å²) in [6.07, 6.45) is -2.57. The molecule has 2 aromatic carbocycles. The minimum absolute atomic E-state index is 0.343. The Morgan fingerprint density at radius 2 is 0.950 bits per heavy atom. The summed E-state index contributed by atoms with van der Waals surface area (Å²) < 4.78 is 8.66. The summed E-state index contributed by atoms with van der Waals surface area (Å²) in [5.41, 5.74) is 0. The van der Waals surface area contributed by atoms with Crippen molar-refractivity contribution in [1.82, 2.24) is 0 Å². The summed E-state index contributed by atoms with van der Waals surface area (Å²) in [7, 11) is 0. The Morgan fingerprint density at radius 3 is 1.20 bits per heavy atom. The van der Waals surface area contributed by atoms with Crippen LogP contribution >= 0.6 is 0 Å². The van der Waals surface area contributed by atoms with E-state index in [2.05, 4.69) is 9.47 Å². The molecule has 0 bridgehead atoms. The first-order valence-corrected chi connectivity index (χ1v) is 5.49. The summed E-state index contributed by atoms with van der Waals surface area (Å²) in [4.78, 5) is 19.9. The molecule has 0 atom stereocenters. The molecule has 6 nitrogen and oxygen atoms in total. The van der Waals surface area contributed by atoms with Crippen LogP contribution in [0.5, 0.6) is 11.5 Å². The van der Waals surface area contributed by atoms with E-state index in [-0.39, 0.29) is 0 Å². The van der Waals surface area contributed by atoms with E-state index in [0.717, 1.165) is 0 Å². The van der Waals surface area contributed by atoms with Crippen LogP contribution in [-0.2, 0) is 0 Å². The molecule has 6 heteroatoms. The molecule has 0 fully saturated rings. The van der Waals surface area contributed by atoms with Crippen molar-refractivity contribution in [3.8, 4) is 11.5 Å². The highest BCUT2D eigenvalue weighted by Crippen LogP contribution is 2.08. The number of hydrogen-bond donors (Lipinski definition) is 2. The molecule has 0 amide bonds. The number of para-hydroxylation sites is 2. The highest BCUT2D eigenvalue weighted by molar-refractivity contribution is 5.61. The van der Waals surface area contributed by atoms with Gasteiger partial charge < -0.3 is 19.7 Å². The number of carbonyl (C=O) groups is 2. The zero-order valence-corrected chi connectivity index (χ0v) is 10.3. The van der Waals surface area contributed by atoms with Gasteiger partial charge in [-0.25, -0.2) is 9.59 Å². The Labute approximate surface area is 114 Å². The molecule has 0 unspecified atom stereocenters. The van der Waals surface area contributed by atoms with Crippen LogP contribution in [0.15, 0.2) is 60.7 Å². The van der Waals surface area contributed by atoms with Gasteiger partial charge in [-0.15, -0.1) is 0 Å². The van der Waals surface area contributed by atoms with Crippen molar-refractivity contribution in [2.75, 3.05) is 0 Å². The van der Waals surface area contributed by atoms with Gasteiger partial charge in [0.2, 0.25) is 0 Å². The Hall–Kier alpha value is -3.02. The highest BCUT2D eigenvalue weighted by Gasteiger charge is 1.97. The average Bonchev–Trinajstić information content (AvgIpc) is 2.40. The predicted octanol–water partition coefficient (Wildman–Crippen LogP) is 3.49. The lowest BCUT2D eigenvalue weighted by atomic mass is 10.3. The van der Waals surface area contributed by atoms with Crippen molar-refractivity contribution < 1.29 is 29.3 Å². The fourth-order valence-corrected chi connectivity index (χ4v) is 1.18. The molecule has 0 heterocycles. The van der Waals surface area contributed by atoms with Gasteiger partial charge >= 0.3 is 12.3 Å². The Balaban J connectivity index is 0.000000200. The fourth-order valence-electron chi connectivity index (χ4n) is 1.18. The molecule has 104 valence electrons. The van der Waals surface area contributed by atoms with Crippen LogP contribution in [0.3, 0.4) is 0 Å². The van der Waals surface area contributed by atoms with E-state index in [1.165, 1.54) is 0 Å². The first-order valence-electron chi connectivity index (χ1n) is 5.49. The van der Waals surface area contributed by atoms with E-state index in [4.69, 9.17) is 10.2 Å². The van der Waals surface area contributed by atoms with Crippen molar-refractivity contribution in [1.29, 1.82) is 0 Å². The molecule has 2 aromatic rings. The normalized spacial score (nSPS) is 8.80. The quantitative estimate of drug-likeness (QED) is 0.644. The molecule has 20 heavy (non-hydrogen) atoms. The minimum Gasteiger partial charge on any atom is -0.449 e. The van der Waals surface area contributed by atoms with Gasteiger partial charge in [0, 0.05) is 0 Å². The monoisotopic (exact) mass is 276 g/mol. The molecule has 0 aromatic heterocycles. The number of rotatable bonds is 2. The zero-order valence-electron chi connectivity index (χ0n) is 10.3. The molecule has 0 radical (unpaired) electrons. The van der Waals surface area contributed by atoms with Gasteiger partial charge in [-0.1, -0.05) is 36.4 Å². The third-order valence-electron chi connectivity index (χ3n) is 1.90. The molecule has 0 aliphatic heterocycles. The lowest BCUT2D eigenvalue weighted by Crippen LogP contribution is -2.02. The Kier molecular flexibility index (Phi) is 6.13. The third-order valence-corrected chi connectivity index (χ3v) is 1.90. The van der Waals surface area contributed by atoms with Crippen molar-refractivity contribution in [3.05, 3.63) is 60.7 Å². The SMILES string of the molecule is O=C(O)Oc1ccccc1.O=C(O)Oc1ccccc1. The van der Waals surface area contributed by atoms with Crippen LogP contribution in [0.2, 0.25) is 0 Å². The van der Waals surface area contributed by atoms with Crippen LogP contribution in [0, 0.1) is 0 Å². The van der Waals surface area contributed by atoms with Crippen molar-refractivity contribution in [3.63, 3.8) is 0 Å². The van der Waals surface area contributed by atoms with Gasteiger partial charge in [0.05, 0.1) is 0 Å². The number of hydrogen-bond acceptors (Lipinski definition) is 4. The smallest absolute Gasteiger partial charge is 0.449 e. The van der Waals surface area contributed by atoms with Crippen LogP contribution in [-0.4, -0.2) is 22.5 Å². The fraction of sp³-hybridized carbons (Fsp3) is 0. The molecule has 0 saturated carbocycles.